The molecule has 12 heteroatoms. The number of benzene rings is 2. The predicted octanol–water partition coefficient (Wildman–Crippen LogP) is 5.98. The van der Waals surface area contributed by atoms with Crippen LogP contribution < -0.4 is 4.74 Å². The third-order valence-corrected chi connectivity index (χ3v) is 6.03. The van der Waals surface area contributed by atoms with Gasteiger partial charge in [-0.05, 0) is 29.8 Å². The van der Waals surface area contributed by atoms with E-state index in [1.807, 2.05) is 0 Å². The van der Waals surface area contributed by atoms with Gasteiger partial charge in [-0.15, -0.1) is 0 Å². The van der Waals surface area contributed by atoms with Crippen LogP contribution in [-0.4, -0.2) is 41.1 Å². The van der Waals surface area contributed by atoms with Crippen molar-refractivity contribution in [1.29, 1.82) is 0 Å². The molecule has 0 spiro atoms. The maximum Gasteiger partial charge on any atom is 0.418 e. The molecule has 0 unspecified atom stereocenters. The van der Waals surface area contributed by atoms with E-state index in [1.54, 1.807) is 11.0 Å². The Morgan fingerprint density at radius 3 is 2.17 bits per heavy atom. The van der Waals surface area contributed by atoms with Gasteiger partial charge >= 0.3 is 12.4 Å². The summed E-state index contributed by atoms with van der Waals surface area (Å²) in [4.78, 5) is 14.5. The predicted molar refractivity (Wildman–Crippen MR) is 122 cm³/mol. The number of methoxy groups -OCH3 is 1. The largest absolute Gasteiger partial charge is 0.496 e. The number of hydrogen-bond donors (Lipinski definition) is 1. The molecule has 192 valence electrons. The van der Waals surface area contributed by atoms with E-state index in [-0.39, 0.29) is 23.8 Å². The normalized spacial score (nSPS) is 14.1. The van der Waals surface area contributed by atoms with Crippen molar-refractivity contribution < 1.29 is 41.0 Å². The van der Waals surface area contributed by atoms with Crippen LogP contribution in [0.5, 0.6) is 5.75 Å². The third kappa shape index (κ3) is 6.43. The van der Waals surface area contributed by atoms with Crippen molar-refractivity contribution >= 4 is 23.7 Å². The monoisotopic (exact) mass is 530 g/mol. The summed E-state index contributed by atoms with van der Waals surface area (Å²) in [5, 5.41) is 8.92. The van der Waals surface area contributed by atoms with Gasteiger partial charge in [-0.2, -0.15) is 26.3 Å². The number of alkyl halides is 6. The molecule has 0 bridgehead atoms. The van der Waals surface area contributed by atoms with Crippen molar-refractivity contribution in [3.63, 3.8) is 0 Å². The molecule has 1 amide bonds. The molecule has 0 saturated carbocycles. The van der Waals surface area contributed by atoms with E-state index >= 15 is 0 Å². The van der Waals surface area contributed by atoms with Crippen molar-refractivity contribution in [3.05, 3.63) is 84.0 Å². The molecule has 2 aromatic rings. The molecule has 3 rings (SSSR count). The first-order chi connectivity index (χ1) is 17.0. The standard InChI is InChI=1S/C24H20F6N2O3S/c1-35-17-4-2-3-5-18(17)36-19-8-6-16(21(23(25,26)27)22(19)24(28,29)30)7-9-20(34)32-12-10-31(11-13-32)14-15-33/h2-13,33H,14-15H2,1H3/b9-7+. The second-order valence-electron chi connectivity index (χ2n) is 7.29. The highest BCUT2D eigenvalue weighted by Gasteiger charge is 2.46. The highest BCUT2D eigenvalue weighted by atomic mass is 32.2. The summed E-state index contributed by atoms with van der Waals surface area (Å²) < 4.78 is 89.1. The molecule has 1 aliphatic rings. The quantitative estimate of drug-likeness (QED) is 0.353. The lowest BCUT2D eigenvalue weighted by Crippen LogP contribution is -2.25. The van der Waals surface area contributed by atoms with Gasteiger partial charge in [-0.25, -0.2) is 0 Å². The second-order valence-corrected chi connectivity index (χ2v) is 8.37. The van der Waals surface area contributed by atoms with Crippen molar-refractivity contribution in [2.45, 2.75) is 22.1 Å². The second kappa shape index (κ2) is 11.1. The Morgan fingerprint density at radius 1 is 0.944 bits per heavy atom. The van der Waals surface area contributed by atoms with Gasteiger partial charge in [0.25, 0.3) is 5.91 Å². The zero-order valence-electron chi connectivity index (χ0n) is 18.7. The summed E-state index contributed by atoms with van der Waals surface area (Å²) in [6, 6.07) is 7.85. The topological polar surface area (TPSA) is 53.0 Å². The molecular formula is C24H20F6N2O3S. The van der Waals surface area contributed by atoms with Crippen LogP contribution in [0.4, 0.5) is 26.3 Å². The summed E-state index contributed by atoms with van der Waals surface area (Å²) in [6.07, 6.45) is -3.71. The molecule has 0 saturated heterocycles. The molecule has 36 heavy (non-hydrogen) atoms. The number of amides is 1. The minimum absolute atomic E-state index is 0.143. The summed E-state index contributed by atoms with van der Waals surface area (Å²) in [5.41, 5.74) is -4.55. The number of β-amino-alcohol motifs (C(OH)–C–C–N with tert-alkyl or cyclic N) is 1. The number of para-hydroxylation sites is 1. The van der Waals surface area contributed by atoms with Gasteiger partial charge in [0.15, 0.2) is 0 Å². The van der Waals surface area contributed by atoms with Crippen LogP contribution >= 0.6 is 11.8 Å². The number of ether oxygens (including phenoxy) is 1. The zero-order valence-corrected chi connectivity index (χ0v) is 19.5. The van der Waals surface area contributed by atoms with Crippen LogP contribution in [0.1, 0.15) is 16.7 Å². The summed E-state index contributed by atoms with van der Waals surface area (Å²) in [6.45, 7) is 0.120. The molecule has 0 atom stereocenters. The summed E-state index contributed by atoms with van der Waals surface area (Å²) in [5.74, 6) is -0.570. The minimum atomic E-state index is -5.36. The fraction of sp³-hybridized carbons (Fsp3) is 0.208. The molecule has 5 nitrogen and oxygen atoms in total. The number of rotatable bonds is 7. The lowest BCUT2D eigenvalue weighted by molar-refractivity contribution is -0.163. The first kappa shape index (κ1) is 27.2. The Labute approximate surface area is 206 Å². The van der Waals surface area contributed by atoms with Gasteiger partial charge < -0.3 is 14.7 Å². The van der Waals surface area contributed by atoms with Gasteiger partial charge in [0.1, 0.15) is 5.75 Å². The number of hydrogen-bond acceptors (Lipinski definition) is 5. The van der Waals surface area contributed by atoms with Gasteiger partial charge in [0.2, 0.25) is 0 Å². The fourth-order valence-electron chi connectivity index (χ4n) is 3.30. The average Bonchev–Trinajstić information content (AvgIpc) is 2.82. The van der Waals surface area contributed by atoms with Crippen LogP contribution in [0.25, 0.3) is 6.08 Å². The molecule has 0 fully saturated rings. The van der Waals surface area contributed by atoms with Crippen molar-refractivity contribution in [3.8, 4) is 5.75 Å². The van der Waals surface area contributed by atoms with Crippen LogP contribution in [0, 0.1) is 0 Å². The SMILES string of the molecule is COc1ccccc1Sc1ccc(/C=C/C(=O)N2C=CN(CCO)C=C2)c(C(F)(F)F)c1C(F)(F)F. The maximum absolute atomic E-state index is 14.0. The smallest absolute Gasteiger partial charge is 0.418 e. The van der Waals surface area contributed by atoms with E-state index in [2.05, 4.69) is 0 Å². The molecule has 1 aliphatic heterocycles. The van der Waals surface area contributed by atoms with E-state index in [0.717, 1.165) is 23.1 Å². The van der Waals surface area contributed by atoms with Crippen molar-refractivity contribution in [1.82, 2.24) is 9.80 Å². The molecule has 0 aliphatic carbocycles. The van der Waals surface area contributed by atoms with E-state index in [4.69, 9.17) is 9.84 Å². The molecular weight excluding hydrogens is 510 g/mol. The highest BCUT2D eigenvalue weighted by molar-refractivity contribution is 7.99. The number of nitrogens with zero attached hydrogens (tertiary/aromatic N) is 2. The van der Waals surface area contributed by atoms with E-state index in [9.17, 15) is 31.1 Å². The highest BCUT2D eigenvalue weighted by Crippen LogP contribution is 2.49. The minimum Gasteiger partial charge on any atom is -0.496 e. The Balaban J connectivity index is 2.02. The lowest BCUT2D eigenvalue weighted by Gasteiger charge is -2.22. The molecule has 0 aromatic heterocycles. The number of carbonyl (C=O) groups is 1. The number of aliphatic hydroxyl groups is 1. The van der Waals surface area contributed by atoms with Gasteiger partial charge in [0.05, 0.1) is 29.7 Å². The van der Waals surface area contributed by atoms with Gasteiger partial charge in [0, 0.05) is 42.3 Å². The van der Waals surface area contributed by atoms with Gasteiger partial charge in [-0.3, -0.25) is 9.69 Å². The van der Waals surface area contributed by atoms with E-state index in [1.165, 1.54) is 50.1 Å². The first-order valence-corrected chi connectivity index (χ1v) is 11.1. The number of aliphatic hydroxyl groups excluding tert-OH is 1. The lowest BCUT2D eigenvalue weighted by atomic mass is 9.99. The molecule has 1 N–H and O–H groups in total. The molecule has 1 heterocycles. The molecule has 2 aromatic carbocycles. The van der Waals surface area contributed by atoms with Gasteiger partial charge in [-0.1, -0.05) is 30.0 Å². The fourth-order valence-corrected chi connectivity index (χ4v) is 4.40. The Kier molecular flexibility index (Phi) is 8.41. The zero-order chi connectivity index (χ0) is 26.5. The summed E-state index contributed by atoms with van der Waals surface area (Å²) in [7, 11) is 1.30. The Hall–Kier alpha value is -3.38. The van der Waals surface area contributed by atoms with Crippen LogP contribution in [-0.2, 0) is 17.1 Å². The summed E-state index contributed by atoms with van der Waals surface area (Å²) >= 11 is 0.498. The van der Waals surface area contributed by atoms with E-state index < -0.39 is 39.8 Å². The third-order valence-electron chi connectivity index (χ3n) is 4.91. The Morgan fingerprint density at radius 2 is 1.58 bits per heavy atom. The van der Waals surface area contributed by atoms with Crippen LogP contribution in [0.2, 0.25) is 0 Å². The van der Waals surface area contributed by atoms with Crippen molar-refractivity contribution in [2.24, 2.45) is 0 Å². The average molecular weight is 530 g/mol. The van der Waals surface area contributed by atoms with Crippen LogP contribution in [0.15, 0.2) is 77.1 Å². The number of carbonyl (C=O) groups excluding carboxylic acids is 1. The molecule has 0 radical (unpaired) electrons. The number of halogens is 6. The Bertz CT molecular complexity index is 1180. The van der Waals surface area contributed by atoms with Crippen LogP contribution in [0.3, 0.4) is 0 Å². The van der Waals surface area contributed by atoms with Crippen molar-refractivity contribution in [2.75, 3.05) is 20.3 Å². The van der Waals surface area contributed by atoms with E-state index in [0.29, 0.717) is 17.8 Å². The first-order valence-electron chi connectivity index (χ1n) is 10.3. The maximum atomic E-state index is 14.0.